The van der Waals surface area contributed by atoms with Crippen molar-refractivity contribution in [1.29, 1.82) is 0 Å². The minimum Gasteiger partial charge on any atom is -0.497 e. The maximum absolute atomic E-state index is 5.58. The summed E-state index contributed by atoms with van der Waals surface area (Å²) in [6.07, 6.45) is 8.07. The Morgan fingerprint density at radius 1 is 1.08 bits per heavy atom. The molecule has 1 saturated heterocycles. The van der Waals surface area contributed by atoms with Gasteiger partial charge in [-0.3, -0.25) is 4.90 Å². The summed E-state index contributed by atoms with van der Waals surface area (Å²) >= 11 is 0. The number of hydrogen-bond donors (Lipinski definition) is 0. The van der Waals surface area contributed by atoms with Gasteiger partial charge in [0.05, 0.1) is 7.11 Å². The van der Waals surface area contributed by atoms with E-state index in [0.29, 0.717) is 11.5 Å². The van der Waals surface area contributed by atoms with Crippen molar-refractivity contribution < 1.29 is 4.74 Å². The zero-order valence-corrected chi connectivity index (χ0v) is 15.8. The second kappa shape index (κ2) is 6.42. The molecular weight excluding hydrogens is 318 g/mol. The zero-order valence-electron chi connectivity index (χ0n) is 15.8. The summed E-state index contributed by atoms with van der Waals surface area (Å²) in [6, 6.07) is 18.6. The van der Waals surface area contributed by atoms with Crippen LogP contribution in [0.4, 0.5) is 0 Å². The molecule has 1 heterocycles. The summed E-state index contributed by atoms with van der Waals surface area (Å²) in [5.41, 5.74) is 5.05. The zero-order chi connectivity index (χ0) is 17.6. The highest BCUT2D eigenvalue weighted by Crippen LogP contribution is 2.56. The molecule has 3 aliphatic rings. The van der Waals surface area contributed by atoms with Gasteiger partial charge >= 0.3 is 0 Å². The largest absolute Gasteiger partial charge is 0.497 e. The van der Waals surface area contributed by atoms with E-state index in [2.05, 4.69) is 53.4 Å². The first kappa shape index (κ1) is 16.4. The fourth-order valence-corrected chi connectivity index (χ4v) is 6.20. The number of benzene rings is 2. The summed E-state index contributed by atoms with van der Waals surface area (Å²) in [6.45, 7) is 2.33. The van der Waals surface area contributed by atoms with E-state index in [-0.39, 0.29) is 0 Å². The quantitative estimate of drug-likeness (QED) is 0.778. The molecular formula is C24H29NO. The molecule has 5 rings (SSSR count). The molecule has 26 heavy (non-hydrogen) atoms. The minimum atomic E-state index is 0.401. The van der Waals surface area contributed by atoms with E-state index in [1.165, 1.54) is 50.6 Å². The second-order valence-corrected chi connectivity index (χ2v) is 8.51. The van der Waals surface area contributed by atoms with Crippen LogP contribution in [0.2, 0.25) is 0 Å². The van der Waals surface area contributed by atoms with Crippen molar-refractivity contribution in [3.63, 3.8) is 0 Å². The lowest BCUT2D eigenvalue weighted by atomic mass is 9.52. The number of methoxy groups -OCH3 is 1. The van der Waals surface area contributed by atoms with Crippen LogP contribution in [0, 0.1) is 5.92 Å². The Bertz CT molecular complexity index is 786. The molecule has 0 amide bonds. The van der Waals surface area contributed by atoms with Gasteiger partial charge < -0.3 is 4.74 Å². The number of likely N-dealkylation sites (tertiary alicyclic amines) is 1. The summed E-state index contributed by atoms with van der Waals surface area (Å²) in [7, 11) is 1.80. The topological polar surface area (TPSA) is 12.5 Å². The molecule has 2 aromatic carbocycles. The second-order valence-electron chi connectivity index (χ2n) is 8.51. The van der Waals surface area contributed by atoms with Crippen molar-refractivity contribution in [2.24, 2.45) is 5.92 Å². The Hall–Kier alpha value is -1.80. The first-order chi connectivity index (χ1) is 12.8. The van der Waals surface area contributed by atoms with E-state index in [1.54, 1.807) is 18.2 Å². The van der Waals surface area contributed by atoms with Crippen molar-refractivity contribution in [1.82, 2.24) is 4.90 Å². The molecule has 2 aliphatic carbocycles. The standard InChI is InChI=1S/C24H29NO/c1-26-20-11-10-19-15-23-21-9-5-6-12-24(21,22(19)16-20)13-14-25(23)17-18-7-3-2-4-8-18/h2-4,7-8,10-11,16,21,23H,5-6,9,12-15,17H2,1H3/t21-,23+,24+/m1/s1. The Morgan fingerprint density at radius 3 is 2.81 bits per heavy atom. The highest BCUT2D eigenvalue weighted by atomic mass is 16.5. The predicted molar refractivity (Wildman–Crippen MR) is 106 cm³/mol. The third-order valence-electron chi connectivity index (χ3n) is 7.39. The third kappa shape index (κ3) is 2.50. The van der Waals surface area contributed by atoms with Gasteiger partial charge in [-0.15, -0.1) is 0 Å². The maximum Gasteiger partial charge on any atom is 0.119 e. The van der Waals surface area contributed by atoms with Gasteiger partial charge in [0, 0.05) is 18.0 Å². The van der Waals surface area contributed by atoms with Gasteiger partial charge in [0.2, 0.25) is 0 Å². The number of fused-ring (bicyclic) bond motifs is 1. The molecule has 2 heteroatoms. The first-order valence-corrected chi connectivity index (χ1v) is 10.3. The van der Waals surface area contributed by atoms with Crippen LogP contribution < -0.4 is 4.74 Å². The fourth-order valence-electron chi connectivity index (χ4n) is 6.20. The molecule has 1 saturated carbocycles. The molecule has 1 aliphatic heterocycles. The molecule has 0 spiro atoms. The summed E-state index contributed by atoms with van der Waals surface area (Å²) in [5, 5.41) is 0. The maximum atomic E-state index is 5.58. The van der Waals surface area contributed by atoms with Gasteiger partial charge in [-0.05, 0) is 67.0 Å². The lowest BCUT2D eigenvalue weighted by Gasteiger charge is -2.59. The van der Waals surface area contributed by atoms with E-state index in [4.69, 9.17) is 4.74 Å². The number of hydrogen-bond acceptors (Lipinski definition) is 2. The van der Waals surface area contributed by atoms with Gasteiger partial charge in [-0.2, -0.15) is 0 Å². The number of ether oxygens (including phenoxy) is 1. The Kier molecular flexibility index (Phi) is 4.04. The lowest BCUT2D eigenvalue weighted by molar-refractivity contribution is -0.0157. The average Bonchev–Trinajstić information content (AvgIpc) is 2.70. The Morgan fingerprint density at radius 2 is 1.96 bits per heavy atom. The van der Waals surface area contributed by atoms with Gasteiger partial charge in [0.15, 0.2) is 0 Å². The first-order valence-electron chi connectivity index (χ1n) is 10.3. The molecule has 2 aromatic rings. The van der Waals surface area contributed by atoms with Crippen LogP contribution in [0.25, 0.3) is 0 Å². The van der Waals surface area contributed by atoms with Crippen molar-refractivity contribution in [2.75, 3.05) is 13.7 Å². The van der Waals surface area contributed by atoms with Crippen molar-refractivity contribution in [3.8, 4) is 5.75 Å². The Labute approximate surface area is 157 Å². The number of piperidine rings is 1. The average molecular weight is 348 g/mol. The number of rotatable bonds is 3. The van der Waals surface area contributed by atoms with Crippen molar-refractivity contribution in [3.05, 3.63) is 65.2 Å². The van der Waals surface area contributed by atoms with E-state index in [1.807, 2.05) is 0 Å². The molecule has 0 radical (unpaired) electrons. The van der Waals surface area contributed by atoms with Gasteiger partial charge in [-0.1, -0.05) is 49.2 Å². The predicted octanol–water partition coefficient (Wildman–Crippen LogP) is 4.95. The molecule has 0 unspecified atom stereocenters. The van der Waals surface area contributed by atoms with Crippen LogP contribution in [0.3, 0.4) is 0 Å². The molecule has 3 atom stereocenters. The van der Waals surface area contributed by atoms with E-state index < -0.39 is 0 Å². The van der Waals surface area contributed by atoms with E-state index in [0.717, 1.165) is 18.2 Å². The van der Waals surface area contributed by atoms with Crippen LogP contribution in [0.1, 0.15) is 48.8 Å². The fraction of sp³-hybridized carbons (Fsp3) is 0.500. The van der Waals surface area contributed by atoms with E-state index >= 15 is 0 Å². The Balaban J connectivity index is 1.53. The highest BCUT2D eigenvalue weighted by molar-refractivity contribution is 5.45. The molecule has 2 nitrogen and oxygen atoms in total. The number of nitrogens with zero attached hydrogens (tertiary/aromatic N) is 1. The SMILES string of the molecule is COc1ccc2c(c1)[C@]13CCCC[C@@H]1[C@H](C2)N(Cc1ccccc1)CC3. The lowest BCUT2D eigenvalue weighted by Crippen LogP contribution is -2.60. The van der Waals surface area contributed by atoms with Gasteiger partial charge in [-0.25, -0.2) is 0 Å². The monoisotopic (exact) mass is 347 g/mol. The smallest absolute Gasteiger partial charge is 0.119 e. The molecule has 0 N–H and O–H groups in total. The molecule has 0 aromatic heterocycles. The molecule has 136 valence electrons. The van der Waals surface area contributed by atoms with Crippen molar-refractivity contribution in [2.45, 2.75) is 56.5 Å². The van der Waals surface area contributed by atoms with Crippen LogP contribution in [0.5, 0.6) is 5.75 Å². The normalized spacial score (nSPS) is 30.3. The minimum absolute atomic E-state index is 0.401. The van der Waals surface area contributed by atoms with Crippen LogP contribution in [0.15, 0.2) is 48.5 Å². The summed E-state index contributed by atoms with van der Waals surface area (Å²) < 4.78 is 5.58. The summed E-state index contributed by atoms with van der Waals surface area (Å²) in [4.78, 5) is 2.79. The summed E-state index contributed by atoms with van der Waals surface area (Å²) in [5.74, 6) is 1.85. The van der Waals surface area contributed by atoms with E-state index in [9.17, 15) is 0 Å². The van der Waals surface area contributed by atoms with Gasteiger partial charge in [0.1, 0.15) is 5.75 Å². The van der Waals surface area contributed by atoms with Crippen LogP contribution >= 0.6 is 0 Å². The molecule has 2 bridgehead atoms. The van der Waals surface area contributed by atoms with Crippen LogP contribution in [-0.2, 0) is 18.4 Å². The highest BCUT2D eigenvalue weighted by Gasteiger charge is 2.53. The van der Waals surface area contributed by atoms with Crippen molar-refractivity contribution >= 4 is 0 Å². The third-order valence-corrected chi connectivity index (χ3v) is 7.39. The molecule has 2 fully saturated rings. The van der Waals surface area contributed by atoms with Crippen LogP contribution in [-0.4, -0.2) is 24.6 Å². The van der Waals surface area contributed by atoms with Gasteiger partial charge in [0.25, 0.3) is 0 Å².